The molecule has 0 radical (unpaired) electrons. The van der Waals surface area contributed by atoms with Crippen molar-refractivity contribution in [1.29, 1.82) is 0 Å². The van der Waals surface area contributed by atoms with Crippen LogP contribution in [-0.2, 0) is 95.3 Å². The molecule has 0 heterocycles. The topological polar surface area (TPSA) is 281 Å². The fourth-order valence-electron chi connectivity index (χ4n) is 8.80. The van der Waals surface area contributed by atoms with Gasteiger partial charge >= 0.3 is 59.7 Å². The van der Waals surface area contributed by atoms with E-state index < -0.39 is 155 Å². The first kappa shape index (κ1) is 69.9. The van der Waals surface area contributed by atoms with E-state index in [-0.39, 0.29) is 33.8 Å². The second-order valence-corrected chi connectivity index (χ2v) is 21.1. The van der Waals surface area contributed by atoms with E-state index in [9.17, 15) is 47.9 Å². The molecule has 23 heteroatoms. The van der Waals surface area contributed by atoms with Gasteiger partial charge in [0.1, 0.15) is 95.2 Å². The summed E-state index contributed by atoms with van der Waals surface area (Å²) < 4.78 is 80.7. The predicted octanol–water partition coefficient (Wildman–Crippen LogP) is 8.41. The van der Waals surface area contributed by atoms with Gasteiger partial charge in [0.05, 0.1) is 28.4 Å². The average molecular weight is 1210 g/mol. The van der Waals surface area contributed by atoms with Crippen molar-refractivity contribution in [3.63, 3.8) is 0 Å². The molecule has 0 atom stereocenters. The van der Waals surface area contributed by atoms with E-state index in [1.165, 1.54) is 82.2 Å². The Morgan fingerprint density at radius 1 is 0.465 bits per heavy atom. The predicted molar refractivity (Wildman–Crippen MR) is 304 cm³/mol. The minimum Gasteiger partial charge on any atom is -0.489 e. The van der Waals surface area contributed by atoms with Crippen molar-refractivity contribution in [2.45, 2.75) is 104 Å². The summed E-state index contributed by atoms with van der Waals surface area (Å²) in [5, 5.41) is 0. The maximum absolute atomic E-state index is 16.7. The molecular formula is C63H77FO22. The number of hydrogen-bond donors (Lipinski definition) is 0. The Hall–Kier alpha value is -8.63. The summed E-state index contributed by atoms with van der Waals surface area (Å²) in [6.07, 6.45) is 6.09. The molecule has 0 amide bonds. The van der Waals surface area contributed by atoms with Crippen molar-refractivity contribution in [2.75, 3.05) is 81.3 Å². The highest BCUT2D eigenvalue weighted by Gasteiger charge is 2.41. The van der Waals surface area contributed by atoms with Crippen LogP contribution in [0.25, 0.3) is 22.3 Å². The summed E-state index contributed by atoms with van der Waals surface area (Å²) in [5.74, 6) is -10.2. The molecule has 1 fully saturated rings. The van der Waals surface area contributed by atoms with Crippen molar-refractivity contribution < 1.29 is 109 Å². The number of esters is 10. The summed E-state index contributed by atoms with van der Waals surface area (Å²) in [7, 11) is 4.14. The number of ether oxygens (including phenoxy) is 12. The maximum Gasteiger partial charge on any atom is 0.333 e. The lowest BCUT2D eigenvalue weighted by molar-refractivity contribution is -0.169. The molecule has 0 aliphatic heterocycles. The van der Waals surface area contributed by atoms with Gasteiger partial charge in [0.15, 0.2) is 11.5 Å². The van der Waals surface area contributed by atoms with Gasteiger partial charge in [-0.15, -0.1) is 0 Å². The van der Waals surface area contributed by atoms with Crippen molar-refractivity contribution in [3.8, 4) is 33.8 Å². The van der Waals surface area contributed by atoms with E-state index in [2.05, 4.69) is 51.2 Å². The molecule has 0 aromatic heterocycles. The minimum atomic E-state index is -1.92. The van der Waals surface area contributed by atoms with Crippen LogP contribution in [0.4, 0.5) is 4.39 Å². The van der Waals surface area contributed by atoms with Gasteiger partial charge in [-0.05, 0) is 91.8 Å². The third-order valence-corrected chi connectivity index (χ3v) is 14.0. The Morgan fingerprint density at radius 3 is 1.26 bits per heavy atom. The molecule has 3 aromatic carbocycles. The third kappa shape index (κ3) is 23.1. The van der Waals surface area contributed by atoms with Gasteiger partial charge in [-0.3, -0.25) is 38.4 Å². The molecular weight excluding hydrogens is 1130 g/mol. The van der Waals surface area contributed by atoms with Gasteiger partial charge < -0.3 is 56.8 Å². The van der Waals surface area contributed by atoms with Crippen LogP contribution < -0.4 is 9.47 Å². The Kier molecular flexibility index (Phi) is 28.4. The number of unbranched alkanes of at least 4 members (excludes halogenated alkanes) is 2. The van der Waals surface area contributed by atoms with E-state index >= 15 is 4.39 Å². The summed E-state index contributed by atoms with van der Waals surface area (Å²) in [4.78, 5) is 126. The molecule has 22 nitrogen and oxygen atoms in total. The number of methoxy groups -OCH3 is 4. The van der Waals surface area contributed by atoms with Crippen molar-refractivity contribution in [3.05, 3.63) is 96.3 Å². The van der Waals surface area contributed by atoms with Crippen molar-refractivity contribution >= 4 is 59.7 Å². The van der Waals surface area contributed by atoms with Gasteiger partial charge in [-0.1, -0.05) is 88.2 Å². The molecule has 0 spiro atoms. The molecule has 4 rings (SSSR count). The molecule has 1 aliphatic carbocycles. The van der Waals surface area contributed by atoms with Gasteiger partial charge in [-0.25, -0.2) is 14.0 Å². The molecule has 86 heavy (non-hydrogen) atoms. The highest BCUT2D eigenvalue weighted by Crippen LogP contribution is 2.40. The highest BCUT2D eigenvalue weighted by atomic mass is 19.1. The van der Waals surface area contributed by atoms with Crippen molar-refractivity contribution in [2.24, 2.45) is 16.7 Å². The fourth-order valence-corrected chi connectivity index (χ4v) is 8.80. The number of carbonyl (C=O) groups excluding carboxylic acids is 10. The standard InChI is InChI=1S/C63H77FO22/c1-10-11-12-13-42-14-16-43(17-15-42)44-18-20-45(21-19-44)46-22-24-48(49(64)26-46)47-23-25-50(79-32-62(38-85-60(73)40(2)3,34-81-56(69)28-52(65)75-6)35-82-57(70)29-53(66)76-7)51(27-47)80-33-63(39-86-61(74)41(4)5,36-83-58(71)30-54(67)77-8)37-84-59(72)31-55(68)78-9/h18-27,42-43H,2,4,10-17,28-39H2,1,3,5-9H3. The summed E-state index contributed by atoms with van der Waals surface area (Å²) in [5.41, 5.74) is -1.14. The highest BCUT2D eigenvalue weighted by molar-refractivity contribution is 5.93. The van der Waals surface area contributed by atoms with Gasteiger partial charge in [0.2, 0.25) is 0 Å². The first-order chi connectivity index (χ1) is 41.0. The average Bonchev–Trinajstić information content (AvgIpc) is 1.64. The quantitative estimate of drug-likeness (QED) is 0.0176. The van der Waals surface area contributed by atoms with Crippen molar-refractivity contribution in [1.82, 2.24) is 0 Å². The molecule has 1 saturated carbocycles. The van der Waals surface area contributed by atoms with Crippen LogP contribution >= 0.6 is 0 Å². The Labute approximate surface area is 499 Å². The Morgan fingerprint density at radius 2 is 0.860 bits per heavy atom. The zero-order valence-corrected chi connectivity index (χ0v) is 49.8. The minimum absolute atomic E-state index is 0.0590. The zero-order chi connectivity index (χ0) is 63.4. The van der Waals surface area contributed by atoms with Crippen LogP contribution in [0.1, 0.15) is 109 Å². The van der Waals surface area contributed by atoms with Crippen LogP contribution in [0, 0.1) is 22.6 Å². The summed E-state index contributed by atoms with van der Waals surface area (Å²) >= 11 is 0. The lowest BCUT2D eigenvalue weighted by atomic mass is 9.77. The fraction of sp³-hybridized carbons (Fsp3) is 0.492. The van der Waals surface area contributed by atoms with Crippen LogP contribution in [0.15, 0.2) is 85.0 Å². The number of halogens is 1. The SMILES string of the molecule is C=C(C)C(=O)OCC(COC(=O)CC(=O)OC)(COC(=O)CC(=O)OC)COc1ccc(-c2ccc(-c3ccc(C4CCC(CCCCC)CC4)cc3)cc2F)cc1OCC(COC(=O)CC(=O)OC)(COC(=O)CC(=O)OC)COC(=O)C(=C)C. The smallest absolute Gasteiger partial charge is 0.333 e. The number of hydrogen-bond acceptors (Lipinski definition) is 22. The summed E-state index contributed by atoms with van der Waals surface area (Å²) in [6.45, 7) is 5.89. The van der Waals surface area contributed by atoms with E-state index in [1.54, 1.807) is 12.1 Å². The normalized spacial score (nSPS) is 13.8. The molecule has 0 bridgehead atoms. The molecule has 0 unspecified atom stereocenters. The molecule has 468 valence electrons. The number of benzene rings is 3. The zero-order valence-electron chi connectivity index (χ0n) is 49.8. The number of carbonyl (C=O) groups is 10. The number of rotatable bonds is 35. The first-order valence-electron chi connectivity index (χ1n) is 27.8. The van der Waals surface area contributed by atoms with E-state index in [0.29, 0.717) is 11.5 Å². The van der Waals surface area contributed by atoms with Crippen LogP contribution in [0.2, 0.25) is 0 Å². The maximum atomic E-state index is 16.7. The van der Waals surface area contributed by atoms with Crippen LogP contribution in [0.5, 0.6) is 11.5 Å². The van der Waals surface area contributed by atoms with Crippen LogP contribution in [0.3, 0.4) is 0 Å². The third-order valence-electron chi connectivity index (χ3n) is 14.0. The molecule has 0 saturated heterocycles. The van der Waals surface area contributed by atoms with E-state index in [1.807, 2.05) is 12.1 Å². The van der Waals surface area contributed by atoms with Crippen LogP contribution in [-0.4, -0.2) is 141 Å². The van der Waals surface area contributed by atoms with Gasteiger partial charge in [0.25, 0.3) is 0 Å². The summed E-state index contributed by atoms with van der Waals surface area (Å²) in [6, 6.07) is 16.9. The largest absolute Gasteiger partial charge is 0.489 e. The van der Waals surface area contributed by atoms with E-state index in [4.69, 9.17) is 37.9 Å². The molecule has 3 aromatic rings. The first-order valence-corrected chi connectivity index (χ1v) is 27.8. The monoisotopic (exact) mass is 1200 g/mol. The lowest BCUT2D eigenvalue weighted by Gasteiger charge is -2.33. The second-order valence-electron chi connectivity index (χ2n) is 21.1. The Bertz CT molecular complexity index is 2820. The van der Waals surface area contributed by atoms with Gasteiger partial charge in [-0.2, -0.15) is 0 Å². The van der Waals surface area contributed by atoms with Gasteiger partial charge in [0, 0.05) is 16.7 Å². The molecule has 1 aliphatic rings. The second kappa shape index (κ2) is 35.0. The lowest BCUT2D eigenvalue weighted by Crippen LogP contribution is -2.45. The molecule has 0 N–H and O–H groups in total. The Balaban J connectivity index is 1.86. The van der Waals surface area contributed by atoms with E-state index in [0.717, 1.165) is 52.8 Å².